The van der Waals surface area contributed by atoms with Gasteiger partial charge in [0.2, 0.25) is 0 Å². The van der Waals surface area contributed by atoms with Crippen molar-refractivity contribution in [2.24, 2.45) is 0 Å². The third-order valence-corrected chi connectivity index (χ3v) is 6.69. The number of carbonyl (C=O) groups is 1. The molecular formula is C26H35N3O2. The minimum absolute atomic E-state index is 0.0826. The molecule has 5 heteroatoms. The molecular weight excluding hydrogens is 386 g/mol. The number of β-amino-alcohol motifs (C(OH)–C–C–N with tert-alkyl or cyclic N) is 1. The minimum Gasteiger partial charge on any atom is -0.376 e. The van der Waals surface area contributed by atoms with Gasteiger partial charge in [0.1, 0.15) is 0 Å². The van der Waals surface area contributed by atoms with E-state index in [2.05, 4.69) is 39.0 Å². The van der Waals surface area contributed by atoms with Gasteiger partial charge in [0.15, 0.2) is 11.4 Å². The molecule has 0 saturated carbocycles. The van der Waals surface area contributed by atoms with Crippen LogP contribution in [0.15, 0.2) is 60.7 Å². The van der Waals surface area contributed by atoms with Crippen molar-refractivity contribution in [1.82, 2.24) is 14.7 Å². The smallest absolute Gasteiger partial charge is 0.184 e. The quantitative estimate of drug-likeness (QED) is 0.710. The average molecular weight is 422 g/mol. The lowest BCUT2D eigenvalue weighted by Gasteiger charge is -2.38. The van der Waals surface area contributed by atoms with E-state index in [-0.39, 0.29) is 5.78 Å². The molecule has 166 valence electrons. The summed E-state index contributed by atoms with van der Waals surface area (Å²) in [7, 11) is 0. The third-order valence-electron chi connectivity index (χ3n) is 6.69. The number of aliphatic hydroxyl groups is 1. The first-order valence-corrected chi connectivity index (χ1v) is 11.7. The highest BCUT2D eigenvalue weighted by Gasteiger charge is 2.40. The van der Waals surface area contributed by atoms with Crippen LogP contribution in [0.5, 0.6) is 0 Å². The summed E-state index contributed by atoms with van der Waals surface area (Å²) in [4.78, 5) is 20.3. The predicted molar refractivity (Wildman–Crippen MR) is 124 cm³/mol. The van der Waals surface area contributed by atoms with Crippen molar-refractivity contribution in [2.45, 2.75) is 31.4 Å². The van der Waals surface area contributed by atoms with Gasteiger partial charge in [-0.25, -0.2) is 0 Å². The van der Waals surface area contributed by atoms with Crippen LogP contribution >= 0.6 is 0 Å². The molecule has 0 bridgehead atoms. The maximum absolute atomic E-state index is 13.4. The highest BCUT2D eigenvalue weighted by molar-refractivity contribution is 5.90. The summed E-state index contributed by atoms with van der Waals surface area (Å²) in [6.07, 6.45) is 3.52. The fourth-order valence-corrected chi connectivity index (χ4v) is 4.78. The minimum atomic E-state index is -1.44. The van der Waals surface area contributed by atoms with Crippen LogP contribution in [-0.2, 0) is 16.9 Å². The van der Waals surface area contributed by atoms with Crippen molar-refractivity contribution >= 4 is 5.78 Å². The van der Waals surface area contributed by atoms with Crippen molar-refractivity contribution in [1.29, 1.82) is 0 Å². The summed E-state index contributed by atoms with van der Waals surface area (Å²) in [5.74, 6) is -0.0826. The Bertz CT molecular complexity index is 815. The molecule has 1 atom stereocenters. The van der Waals surface area contributed by atoms with E-state index in [0.717, 1.165) is 58.7 Å². The second kappa shape index (κ2) is 10.5. The molecule has 2 aromatic rings. The lowest BCUT2D eigenvalue weighted by atomic mass is 9.87. The number of likely N-dealkylation sites (tertiary alicyclic amines) is 1. The Labute approximate surface area is 186 Å². The molecule has 2 aromatic carbocycles. The number of rotatable bonds is 8. The van der Waals surface area contributed by atoms with Gasteiger partial charge in [0.25, 0.3) is 0 Å². The van der Waals surface area contributed by atoms with Gasteiger partial charge >= 0.3 is 0 Å². The van der Waals surface area contributed by atoms with E-state index < -0.39 is 5.60 Å². The Morgan fingerprint density at radius 1 is 0.742 bits per heavy atom. The van der Waals surface area contributed by atoms with Crippen molar-refractivity contribution < 1.29 is 9.90 Å². The molecule has 0 amide bonds. The van der Waals surface area contributed by atoms with Crippen LogP contribution in [0.4, 0.5) is 0 Å². The van der Waals surface area contributed by atoms with E-state index in [4.69, 9.17) is 0 Å². The van der Waals surface area contributed by atoms with E-state index in [1.807, 2.05) is 36.4 Å². The van der Waals surface area contributed by atoms with Crippen LogP contribution in [0.2, 0.25) is 0 Å². The Morgan fingerprint density at radius 2 is 1.32 bits per heavy atom. The number of ketones is 1. The molecule has 2 aliphatic heterocycles. The maximum Gasteiger partial charge on any atom is 0.184 e. The molecule has 0 radical (unpaired) electrons. The molecule has 0 spiro atoms. The van der Waals surface area contributed by atoms with Gasteiger partial charge in [0, 0.05) is 39.3 Å². The van der Waals surface area contributed by atoms with E-state index in [1.165, 1.54) is 12.0 Å². The first-order chi connectivity index (χ1) is 15.1. The first kappa shape index (κ1) is 22.2. The SMILES string of the molecule is O=C(CN1CCN(Cc2ccccc2)CC1)C(O)(CN1CCCCC1)c1ccccc1. The van der Waals surface area contributed by atoms with Crippen LogP contribution in [-0.4, -0.2) is 77.9 Å². The Kier molecular flexibility index (Phi) is 7.51. The van der Waals surface area contributed by atoms with Crippen LogP contribution in [0, 0.1) is 0 Å². The predicted octanol–water partition coefficient (Wildman–Crippen LogP) is 2.75. The van der Waals surface area contributed by atoms with Crippen LogP contribution in [0.25, 0.3) is 0 Å². The van der Waals surface area contributed by atoms with Crippen molar-refractivity contribution in [2.75, 3.05) is 52.4 Å². The van der Waals surface area contributed by atoms with Gasteiger partial charge in [-0.3, -0.25) is 19.5 Å². The van der Waals surface area contributed by atoms with Crippen LogP contribution in [0.1, 0.15) is 30.4 Å². The van der Waals surface area contributed by atoms with Gasteiger partial charge in [0.05, 0.1) is 6.54 Å². The molecule has 0 aliphatic carbocycles. The molecule has 31 heavy (non-hydrogen) atoms. The van der Waals surface area contributed by atoms with Crippen molar-refractivity contribution in [3.05, 3.63) is 71.8 Å². The second-order valence-electron chi connectivity index (χ2n) is 9.02. The number of hydrogen-bond donors (Lipinski definition) is 1. The van der Waals surface area contributed by atoms with Gasteiger partial charge in [-0.15, -0.1) is 0 Å². The molecule has 5 nitrogen and oxygen atoms in total. The van der Waals surface area contributed by atoms with Crippen molar-refractivity contribution in [3.8, 4) is 0 Å². The summed E-state index contributed by atoms with van der Waals surface area (Å²) in [6.45, 7) is 7.16. The van der Waals surface area contributed by atoms with Gasteiger partial charge in [-0.1, -0.05) is 67.1 Å². The molecule has 2 saturated heterocycles. The van der Waals surface area contributed by atoms with E-state index in [0.29, 0.717) is 18.7 Å². The summed E-state index contributed by atoms with van der Waals surface area (Å²) in [5.41, 5.74) is 0.597. The summed E-state index contributed by atoms with van der Waals surface area (Å²) >= 11 is 0. The number of piperidine rings is 1. The Morgan fingerprint density at radius 3 is 1.97 bits per heavy atom. The fraction of sp³-hybridized carbons (Fsp3) is 0.500. The largest absolute Gasteiger partial charge is 0.376 e. The van der Waals surface area contributed by atoms with Crippen molar-refractivity contribution in [3.63, 3.8) is 0 Å². The number of benzene rings is 2. The lowest BCUT2D eigenvalue weighted by molar-refractivity contribution is -0.142. The number of carbonyl (C=O) groups excluding carboxylic acids is 1. The second-order valence-corrected chi connectivity index (χ2v) is 9.02. The Balaban J connectivity index is 1.37. The molecule has 1 unspecified atom stereocenters. The number of nitrogens with zero attached hydrogens (tertiary/aromatic N) is 3. The highest BCUT2D eigenvalue weighted by Crippen LogP contribution is 2.26. The Hall–Kier alpha value is -2.05. The lowest BCUT2D eigenvalue weighted by Crippen LogP contribution is -2.54. The number of hydrogen-bond acceptors (Lipinski definition) is 5. The van der Waals surface area contributed by atoms with Gasteiger partial charge in [-0.05, 0) is 37.1 Å². The molecule has 2 heterocycles. The highest BCUT2D eigenvalue weighted by atomic mass is 16.3. The molecule has 1 N–H and O–H groups in total. The van der Waals surface area contributed by atoms with E-state index in [1.54, 1.807) is 0 Å². The number of piperazine rings is 1. The summed E-state index contributed by atoms with van der Waals surface area (Å²) in [6, 6.07) is 20.1. The standard InChI is InChI=1S/C26H35N3O2/c30-25(21-28-18-16-27(17-19-28)20-23-10-4-1-5-11-23)26(31,24-12-6-2-7-13-24)22-29-14-8-3-9-15-29/h1-2,4-7,10-13,31H,3,8-9,14-22H2. The molecule has 0 aromatic heterocycles. The first-order valence-electron chi connectivity index (χ1n) is 11.7. The zero-order valence-corrected chi connectivity index (χ0v) is 18.5. The maximum atomic E-state index is 13.4. The third kappa shape index (κ3) is 5.80. The van der Waals surface area contributed by atoms with Gasteiger partial charge < -0.3 is 5.11 Å². The van der Waals surface area contributed by atoms with E-state index >= 15 is 0 Å². The monoisotopic (exact) mass is 421 g/mol. The van der Waals surface area contributed by atoms with Crippen LogP contribution in [0.3, 0.4) is 0 Å². The average Bonchev–Trinajstić information content (AvgIpc) is 2.82. The molecule has 2 aliphatic rings. The molecule has 2 fully saturated rings. The normalized spacial score (nSPS) is 20.9. The zero-order valence-electron chi connectivity index (χ0n) is 18.5. The zero-order chi connectivity index (χ0) is 21.5. The number of Topliss-reactive ketones (excluding diaryl/α,β-unsaturated/α-hetero) is 1. The van der Waals surface area contributed by atoms with E-state index in [9.17, 15) is 9.90 Å². The fourth-order valence-electron chi connectivity index (χ4n) is 4.78. The molecule has 4 rings (SSSR count). The van der Waals surface area contributed by atoms with Gasteiger partial charge in [-0.2, -0.15) is 0 Å². The summed E-state index contributed by atoms with van der Waals surface area (Å²) < 4.78 is 0. The van der Waals surface area contributed by atoms with Crippen LogP contribution < -0.4 is 0 Å². The topological polar surface area (TPSA) is 47.0 Å². The summed E-state index contributed by atoms with van der Waals surface area (Å²) in [5, 5.41) is 11.7.